The van der Waals surface area contributed by atoms with Crippen LogP contribution >= 0.6 is 0 Å². The van der Waals surface area contributed by atoms with Gasteiger partial charge >= 0.3 is 5.97 Å². The molecule has 0 atom stereocenters. The van der Waals surface area contributed by atoms with Gasteiger partial charge in [0.25, 0.3) is 0 Å². The van der Waals surface area contributed by atoms with Crippen LogP contribution in [0.1, 0.15) is 24.2 Å². The lowest BCUT2D eigenvalue weighted by Gasteiger charge is -2.10. The Hall–Kier alpha value is -2.63. The molecule has 0 amide bonds. The van der Waals surface area contributed by atoms with E-state index in [0.29, 0.717) is 11.5 Å². The zero-order valence-electron chi connectivity index (χ0n) is 12.3. The molecule has 0 aliphatic heterocycles. The standard InChI is InChI=1S/C15H18N4O2/c1-10(2)17-13-7-8-16-15(19-13)18-12-6-4-5-11(9-12)14(20)21-3/h4-10H,1-3H3,(H2,16,17,18,19). The van der Waals surface area contributed by atoms with Gasteiger partial charge < -0.3 is 15.4 Å². The van der Waals surface area contributed by atoms with Crippen LogP contribution in [-0.4, -0.2) is 29.1 Å². The normalized spacial score (nSPS) is 10.3. The number of hydrogen-bond donors (Lipinski definition) is 2. The van der Waals surface area contributed by atoms with Crippen LogP contribution in [0, 0.1) is 0 Å². The third-order valence-corrected chi connectivity index (χ3v) is 2.63. The van der Waals surface area contributed by atoms with Crippen molar-refractivity contribution in [1.29, 1.82) is 0 Å². The fourth-order valence-electron chi connectivity index (χ4n) is 1.77. The fraction of sp³-hybridized carbons (Fsp3) is 0.267. The second kappa shape index (κ2) is 6.69. The smallest absolute Gasteiger partial charge is 0.337 e. The molecule has 2 rings (SSSR count). The van der Waals surface area contributed by atoms with E-state index in [1.54, 1.807) is 30.5 Å². The molecule has 1 heterocycles. The molecule has 0 radical (unpaired) electrons. The molecule has 6 nitrogen and oxygen atoms in total. The van der Waals surface area contributed by atoms with Gasteiger partial charge in [-0.2, -0.15) is 4.98 Å². The third-order valence-electron chi connectivity index (χ3n) is 2.63. The highest BCUT2D eigenvalue weighted by molar-refractivity contribution is 5.90. The quantitative estimate of drug-likeness (QED) is 0.823. The fourth-order valence-corrected chi connectivity index (χ4v) is 1.77. The molecule has 1 aromatic carbocycles. The van der Waals surface area contributed by atoms with Crippen molar-refractivity contribution in [2.75, 3.05) is 17.7 Å². The molecular weight excluding hydrogens is 268 g/mol. The summed E-state index contributed by atoms with van der Waals surface area (Å²) in [6, 6.07) is 9.07. The maximum Gasteiger partial charge on any atom is 0.337 e. The topological polar surface area (TPSA) is 76.1 Å². The van der Waals surface area contributed by atoms with Crippen molar-refractivity contribution in [1.82, 2.24) is 9.97 Å². The summed E-state index contributed by atoms with van der Waals surface area (Å²) < 4.78 is 4.70. The predicted octanol–water partition coefficient (Wildman–Crippen LogP) is 2.83. The number of esters is 1. The van der Waals surface area contributed by atoms with Crippen molar-refractivity contribution in [2.45, 2.75) is 19.9 Å². The molecule has 0 aliphatic carbocycles. The van der Waals surface area contributed by atoms with Crippen molar-refractivity contribution in [3.05, 3.63) is 42.1 Å². The molecule has 0 fully saturated rings. The summed E-state index contributed by atoms with van der Waals surface area (Å²) in [4.78, 5) is 20.0. The van der Waals surface area contributed by atoms with E-state index < -0.39 is 0 Å². The van der Waals surface area contributed by atoms with Crippen molar-refractivity contribution in [3.8, 4) is 0 Å². The minimum Gasteiger partial charge on any atom is -0.465 e. The molecule has 0 saturated heterocycles. The average Bonchev–Trinajstić information content (AvgIpc) is 2.46. The number of hydrogen-bond acceptors (Lipinski definition) is 6. The van der Waals surface area contributed by atoms with Crippen LogP contribution in [0.3, 0.4) is 0 Å². The van der Waals surface area contributed by atoms with Crippen molar-refractivity contribution < 1.29 is 9.53 Å². The van der Waals surface area contributed by atoms with E-state index in [1.807, 2.05) is 19.9 Å². The molecule has 0 spiro atoms. The zero-order chi connectivity index (χ0) is 15.2. The van der Waals surface area contributed by atoms with Crippen LogP contribution in [0.5, 0.6) is 0 Å². The Bertz CT molecular complexity index is 629. The van der Waals surface area contributed by atoms with Gasteiger partial charge in [-0.05, 0) is 38.1 Å². The summed E-state index contributed by atoms with van der Waals surface area (Å²) in [5.74, 6) is 0.823. The number of ether oxygens (including phenoxy) is 1. The summed E-state index contributed by atoms with van der Waals surface area (Å²) in [5, 5.41) is 6.27. The van der Waals surface area contributed by atoms with Crippen LogP contribution in [0.2, 0.25) is 0 Å². The number of benzene rings is 1. The monoisotopic (exact) mass is 286 g/mol. The number of rotatable bonds is 5. The summed E-state index contributed by atoms with van der Waals surface area (Å²) in [6.45, 7) is 4.07. The lowest BCUT2D eigenvalue weighted by atomic mass is 10.2. The van der Waals surface area contributed by atoms with E-state index in [1.165, 1.54) is 7.11 Å². The van der Waals surface area contributed by atoms with Crippen LogP contribution in [0.15, 0.2) is 36.5 Å². The highest BCUT2D eigenvalue weighted by atomic mass is 16.5. The molecule has 0 aliphatic rings. The summed E-state index contributed by atoms with van der Waals surface area (Å²) in [5.41, 5.74) is 1.19. The third kappa shape index (κ3) is 4.17. The number of nitrogens with one attached hydrogen (secondary N) is 2. The first kappa shape index (κ1) is 14.8. The number of carbonyl (C=O) groups excluding carboxylic acids is 1. The van der Waals surface area contributed by atoms with Crippen molar-refractivity contribution in [2.24, 2.45) is 0 Å². The van der Waals surface area contributed by atoms with Gasteiger partial charge in [0.1, 0.15) is 5.82 Å². The van der Waals surface area contributed by atoms with E-state index in [-0.39, 0.29) is 12.0 Å². The van der Waals surface area contributed by atoms with E-state index in [0.717, 1.165) is 11.5 Å². The van der Waals surface area contributed by atoms with E-state index in [4.69, 9.17) is 4.74 Å². The van der Waals surface area contributed by atoms with Crippen LogP contribution < -0.4 is 10.6 Å². The van der Waals surface area contributed by atoms with Crippen molar-refractivity contribution in [3.63, 3.8) is 0 Å². The largest absolute Gasteiger partial charge is 0.465 e. The lowest BCUT2D eigenvalue weighted by molar-refractivity contribution is 0.0601. The summed E-state index contributed by atoms with van der Waals surface area (Å²) in [6.07, 6.45) is 1.67. The van der Waals surface area contributed by atoms with E-state index >= 15 is 0 Å². The Morgan fingerprint density at radius 3 is 2.81 bits per heavy atom. The van der Waals surface area contributed by atoms with E-state index in [9.17, 15) is 4.79 Å². The Labute approximate surface area is 123 Å². The van der Waals surface area contributed by atoms with Gasteiger partial charge in [0.05, 0.1) is 12.7 Å². The maximum atomic E-state index is 11.5. The Balaban J connectivity index is 2.16. The van der Waals surface area contributed by atoms with Gasteiger partial charge in [-0.25, -0.2) is 9.78 Å². The molecule has 110 valence electrons. The van der Waals surface area contributed by atoms with Gasteiger partial charge in [-0.15, -0.1) is 0 Å². The molecule has 0 saturated carbocycles. The first-order valence-corrected chi connectivity index (χ1v) is 6.63. The molecular formula is C15H18N4O2. The van der Waals surface area contributed by atoms with Gasteiger partial charge in [-0.1, -0.05) is 6.07 Å². The molecule has 1 aromatic heterocycles. The SMILES string of the molecule is COC(=O)c1cccc(Nc2nccc(NC(C)C)n2)c1. The average molecular weight is 286 g/mol. The molecule has 0 bridgehead atoms. The minimum atomic E-state index is -0.380. The highest BCUT2D eigenvalue weighted by Crippen LogP contribution is 2.16. The molecule has 2 aromatic rings. The van der Waals surface area contributed by atoms with Gasteiger partial charge in [0, 0.05) is 17.9 Å². The zero-order valence-corrected chi connectivity index (χ0v) is 12.3. The van der Waals surface area contributed by atoms with Gasteiger partial charge in [-0.3, -0.25) is 0 Å². The first-order valence-electron chi connectivity index (χ1n) is 6.63. The Morgan fingerprint density at radius 1 is 1.29 bits per heavy atom. The van der Waals surface area contributed by atoms with Gasteiger partial charge in [0.15, 0.2) is 0 Å². The summed E-state index contributed by atoms with van der Waals surface area (Å²) >= 11 is 0. The Morgan fingerprint density at radius 2 is 2.10 bits per heavy atom. The number of anilines is 3. The number of aromatic nitrogens is 2. The highest BCUT2D eigenvalue weighted by Gasteiger charge is 2.07. The second-order valence-corrected chi connectivity index (χ2v) is 4.76. The molecule has 21 heavy (non-hydrogen) atoms. The lowest BCUT2D eigenvalue weighted by Crippen LogP contribution is -2.11. The van der Waals surface area contributed by atoms with Crippen molar-refractivity contribution >= 4 is 23.4 Å². The number of carbonyl (C=O) groups is 1. The summed E-state index contributed by atoms with van der Waals surface area (Å²) in [7, 11) is 1.35. The molecule has 2 N–H and O–H groups in total. The minimum absolute atomic E-state index is 0.287. The van der Waals surface area contributed by atoms with Crippen LogP contribution in [0.25, 0.3) is 0 Å². The van der Waals surface area contributed by atoms with Crippen LogP contribution in [0.4, 0.5) is 17.5 Å². The van der Waals surface area contributed by atoms with E-state index in [2.05, 4.69) is 20.6 Å². The first-order chi connectivity index (χ1) is 10.1. The second-order valence-electron chi connectivity index (χ2n) is 4.76. The van der Waals surface area contributed by atoms with Gasteiger partial charge in [0.2, 0.25) is 5.95 Å². The predicted molar refractivity (Wildman–Crippen MR) is 81.9 cm³/mol. The maximum absolute atomic E-state index is 11.5. The Kier molecular flexibility index (Phi) is 4.71. The molecule has 0 unspecified atom stereocenters. The number of nitrogens with zero attached hydrogens (tertiary/aromatic N) is 2. The number of methoxy groups -OCH3 is 1. The molecule has 6 heteroatoms. The van der Waals surface area contributed by atoms with Crippen LogP contribution in [-0.2, 0) is 4.74 Å².